The molecule has 0 unspecified atom stereocenters. The topological polar surface area (TPSA) is 75.8 Å². The van der Waals surface area contributed by atoms with Gasteiger partial charge in [0.1, 0.15) is 12.4 Å². The van der Waals surface area contributed by atoms with Crippen LogP contribution in [-0.2, 0) is 0 Å². The molecule has 6 heteroatoms. The van der Waals surface area contributed by atoms with E-state index in [1.807, 2.05) is 0 Å². The Morgan fingerprint density at radius 2 is 2.25 bits per heavy atom. The van der Waals surface area contributed by atoms with Gasteiger partial charge < -0.3 is 14.7 Å². The molecule has 1 fully saturated rings. The van der Waals surface area contributed by atoms with E-state index in [1.165, 1.54) is 12.1 Å². The monoisotopic (exact) mass is 332 g/mol. The maximum absolute atomic E-state index is 11.1. The summed E-state index contributed by atoms with van der Waals surface area (Å²) < 4.78 is 5.79. The zero-order valence-corrected chi connectivity index (χ0v) is 14.0. The van der Waals surface area contributed by atoms with Gasteiger partial charge in [-0.15, -0.1) is 0 Å². The highest BCUT2D eigenvalue weighted by Crippen LogP contribution is 2.24. The molecule has 0 radical (unpaired) electrons. The van der Waals surface area contributed by atoms with Crippen LogP contribution < -0.4 is 4.74 Å². The van der Waals surface area contributed by atoms with E-state index in [0.29, 0.717) is 36.8 Å². The molecule has 0 aromatic heterocycles. The third-order valence-corrected chi connectivity index (χ3v) is 4.16. The van der Waals surface area contributed by atoms with Gasteiger partial charge in [-0.25, -0.2) is 0 Å². The van der Waals surface area contributed by atoms with Crippen LogP contribution in [0.15, 0.2) is 18.2 Å². The minimum Gasteiger partial charge on any atom is -0.492 e. The number of nitro benzene ring substituents is 1. The van der Waals surface area contributed by atoms with E-state index < -0.39 is 4.92 Å². The van der Waals surface area contributed by atoms with Crippen molar-refractivity contribution in [2.45, 2.75) is 38.1 Å². The van der Waals surface area contributed by atoms with Gasteiger partial charge in [0.2, 0.25) is 0 Å². The van der Waals surface area contributed by atoms with Gasteiger partial charge in [0.15, 0.2) is 0 Å². The molecule has 0 spiro atoms. The molecule has 1 heterocycles. The van der Waals surface area contributed by atoms with Gasteiger partial charge in [0.05, 0.1) is 11.0 Å². The average molecular weight is 332 g/mol. The third kappa shape index (κ3) is 5.52. The highest BCUT2D eigenvalue weighted by molar-refractivity contribution is 5.49. The minimum absolute atomic E-state index is 0.00747. The number of likely N-dealkylation sites (tertiary alicyclic amines) is 1. The zero-order valence-electron chi connectivity index (χ0n) is 14.0. The Balaban J connectivity index is 2.04. The summed E-state index contributed by atoms with van der Waals surface area (Å²) in [7, 11) is 2.07. The Bertz CT molecular complexity index is 621. The lowest BCUT2D eigenvalue weighted by Gasteiger charge is -2.19. The van der Waals surface area contributed by atoms with Gasteiger partial charge in [-0.3, -0.25) is 10.1 Å². The molecule has 1 aromatic rings. The highest BCUT2D eigenvalue weighted by Gasteiger charge is 2.21. The summed E-state index contributed by atoms with van der Waals surface area (Å²) in [5, 5.41) is 19.8. The van der Waals surface area contributed by atoms with Gasteiger partial charge in [-0.2, -0.15) is 0 Å². The number of hydrogen-bond acceptors (Lipinski definition) is 5. The van der Waals surface area contributed by atoms with E-state index in [9.17, 15) is 10.1 Å². The highest BCUT2D eigenvalue weighted by atomic mass is 16.6. The van der Waals surface area contributed by atoms with Gasteiger partial charge in [-0.1, -0.05) is 11.8 Å². The normalized spacial score (nSPS) is 17.3. The quantitative estimate of drug-likeness (QED) is 0.359. The van der Waals surface area contributed by atoms with E-state index in [0.717, 1.165) is 25.8 Å². The molecule has 1 atom stereocenters. The fourth-order valence-corrected chi connectivity index (χ4v) is 2.72. The van der Waals surface area contributed by atoms with Crippen LogP contribution in [0, 0.1) is 22.0 Å². The number of ether oxygens (including phenoxy) is 1. The number of likely N-dealkylation sites (N-methyl/N-ethyl adjacent to an activating group) is 1. The molecule has 2 rings (SSSR count). The van der Waals surface area contributed by atoms with Crippen molar-refractivity contribution in [3.63, 3.8) is 0 Å². The van der Waals surface area contributed by atoms with Crippen molar-refractivity contribution in [3.05, 3.63) is 33.9 Å². The van der Waals surface area contributed by atoms with Gasteiger partial charge in [-0.05, 0) is 45.3 Å². The van der Waals surface area contributed by atoms with Gasteiger partial charge >= 0.3 is 0 Å². The summed E-state index contributed by atoms with van der Waals surface area (Å²) in [6.45, 7) is 1.75. The van der Waals surface area contributed by atoms with Crippen molar-refractivity contribution in [2.75, 3.05) is 26.8 Å². The number of non-ortho nitro benzene ring substituents is 1. The van der Waals surface area contributed by atoms with E-state index in [4.69, 9.17) is 9.84 Å². The van der Waals surface area contributed by atoms with Crippen molar-refractivity contribution in [1.29, 1.82) is 0 Å². The molecule has 0 bridgehead atoms. The summed E-state index contributed by atoms with van der Waals surface area (Å²) in [6, 6.07) is 5.03. The SMILES string of the molecule is CN1CCC[C@H]1COc1cc(C#CCCCCO)cc([N+](=O)[O-])c1. The summed E-state index contributed by atoms with van der Waals surface area (Å²) in [5.41, 5.74) is 0.579. The first kappa shape index (κ1) is 18.2. The molecule has 6 nitrogen and oxygen atoms in total. The van der Waals surface area contributed by atoms with E-state index in [2.05, 4.69) is 23.8 Å². The lowest BCUT2D eigenvalue weighted by Crippen LogP contribution is -2.30. The number of unbranched alkanes of at least 4 members (excludes halogenated alkanes) is 2. The fourth-order valence-electron chi connectivity index (χ4n) is 2.72. The molecular weight excluding hydrogens is 308 g/mol. The summed E-state index contributed by atoms with van der Waals surface area (Å²) in [4.78, 5) is 12.9. The predicted octanol–water partition coefficient (Wildman–Crippen LogP) is 2.58. The first-order valence-corrected chi connectivity index (χ1v) is 8.32. The lowest BCUT2D eigenvalue weighted by molar-refractivity contribution is -0.385. The van der Waals surface area contributed by atoms with Crippen LogP contribution in [0.5, 0.6) is 5.75 Å². The Labute approximate surface area is 142 Å². The number of aliphatic hydroxyl groups is 1. The Morgan fingerprint density at radius 1 is 1.42 bits per heavy atom. The third-order valence-electron chi connectivity index (χ3n) is 4.16. The Hall–Kier alpha value is -2.10. The molecule has 1 aromatic carbocycles. The van der Waals surface area contributed by atoms with Crippen LogP contribution in [0.3, 0.4) is 0 Å². The summed E-state index contributed by atoms with van der Waals surface area (Å²) in [5.74, 6) is 6.43. The van der Waals surface area contributed by atoms with E-state index >= 15 is 0 Å². The second kappa shape index (κ2) is 9.26. The van der Waals surface area contributed by atoms with Crippen LogP contribution in [0.1, 0.15) is 37.7 Å². The van der Waals surface area contributed by atoms with Crippen LogP contribution >= 0.6 is 0 Å². The Kier molecular flexibility index (Phi) is 7.04. The summed E-state index contributed by atoms with van der Waals surface area (Å²) >= 11 is 0. The minimum atomic E-state index is -0.425. The average Bonchev–Trinajstić information content (AvgIpc) is 2.97. The van der Waals surface area contributed by atoms with Crippen molar-refractivity contribution in [1.82, 2.24) is 4.90 Å². The van der Waals surface area contributed by atoms with Gasteiger partial charge in [0, 0.05) is 30.7 Å². The van der Waals surface area contributed by atoms with Crippen molar-refractivity contribution in [2.24, 2.45) is 0 Å². The molecular formula is C18H24N2O4. The van der Waals surface area contributed by atoms with Crippen LogP contribution in [0.2, 0.25) is 0 Å². The van der Waals surface area contributed by atoms with Crippen molar-refractivity contribution >= 4 is 5.69 Å². The van der Waals surface area contributed by atoms with Crippen LogP contribution in [-0.4, -0.2) is 47.8 Å². The summed E-state index contributed by atoms with van der Waals surface area (Å²) in [6.07, 6.45) is 4.43. The molecule has 1 aliphatic heterocycles. The van der Waals surface area contributed by atoms with Crippen molar-refractivity contribution in [3.8, 4) is 17.6 Å². The molecule has 0 saturated carbocycles. The van der Waals surface area contributed by atoms with Gasteiger partial charge in [0.25, 0.3) is 5.69 Å². The smallest absolute Gasteiger partial charge is 0.274 e. The van der Waals surface area contributed by atoms with Crippen molar-refractivity contribution < 1.29 is 14.8 Å². The maximum atomic E-state index is 11.1. The first-order valence-electron chi connectivity index (χ1n) is 8.32. The molecule has 1 N–H and O–H groups in total. The maximum Gasteiger partial charge on any atom is 0.274 e. The van der Waals surface area contributed by atoms with Crippen LogP contribution in [0.25, 0.3) is 0 Å². The first-order chi connectivity index (χ1) is 11.6. The molecule has 0 aliphatic carbocycles. The van der Waals surface area contributed by atoms with E-state index in [1.54, 1.807) is 6.07 Å². The second-order valence-corrected chi connectivity index (χ2v) is 6.04. The molecule has 130 valence electrons. The molecule has 24 heavy (non-hydrogen) atoms. The van der Waals surface area contributed by atoms with Crippen LogP contribution in [0.4, 0.5) is 5.69 Å². The Morgan fingerprint density at radius 3 is 2.92 bits per heavy atom. The predicted molar refractivity (Wildman–Crippen MR) is 92.1 cm³/mol. The largest absolute Gasteiger partial charge is 0.492 e. The number of hydrogen-bond donors (Lipinski definition) is 1. The molecule has 0 amide bonds. The zero-order chi connectivity index (χ0) is 17.4. The number of aliphatic hydroxyl groups excluding tert-OH is 1. The number of rotatable bonds is 7. The second-order valence-electron chi connectivity index (χ2n) is 6.04. The number of nitro groups is 1. The fraction of sp³-hybridized carbons (Fsp3) is 0.556. The standard InChI is InChI=1S/C18H24N2O4/c1-19-9-6-8-16(19)14-24-18-12-15(7-4-2-3-5-10-21)11-17(13-18)20(22)23/h11-13,16,21H,2-3,5-6,8-10,14H2,1H3/t16-/m0/s1. The molecule has 1 aliphatic rings. The number of nitrogens with zero attached hydrogens (tertiary/aromatic N) is 2. The van der Waals surface area contributed by atoms with E-state index in [-0.39, 0.29) is 12.3 Å². The number of benzene rings is 1. The lowest BCUT2D eigenvalue weighted by atomic mass is 10.1. The molecule has 1 saturated heterocycles.